The zero-order valence-corrected chi connectivity index (χ0v) is 11.6. The molecular formula is C16H19NO2. The first-order valence-electron chi connectivity index (χ1n) is 6.52. The standard InChI is InChI=1S/C16H19NO2/c1-4-19-16(18)17-12(2)10-15(11-13(17)3)14-8-6-5-7-9-14/h5-11,15H,4H2,1-3H3. The Hall–Kier alpha value is -2.03. The Labute approximate surface area is 114 Å². The molecule has 0 fully saturated rings. The van der Waals surface area contributed by atoms with E-state index in [1.165, 1.54) is 5.56 Å². The molecule has 0 saturated carbocycles. The molecule has 0 aromatic heterocycles. The van der Waals surface area contributed by atoms with Crippen LogP contribution in [0.25, 0.3) is 0 Å². The highest BCUT2D eigenvalue weighted by atomic mass is 16.6. The number of allylic oxidation sites excluding steroid dienone is 4. The summed E-state index contributed by atoms with van der Waals surface area (Å²) in [6, 6.07) is 10.2. The quantitative estimate of drug-likeness (QED) is 0.800. The van der Waals surface area contributed by atoms with Gasteiger partial charge in [0.15, 0.2) is 0 Å². The van der Waals surface area contributed by atoms with Crippen molar-refractivity contribution in [3.63, 3.8) is 0 Å². The Balaban J connectivity index is 2.25. The third-order valence-electron chi connectivity index (χ3n) is 3.18. The van der Waals surface area contributed by atoms with E-state index in [1.54, 1.807) is 4.90 Å². The highest BCUT2D eigenvalue weighted by molar-refractivity contribution is 5.73. The third-order valence-corrected chi connectivity index (χ3v) is 3.18. The number of carbonyl (C=O) groups excluding carboxylic acids is 1. The number of nitrogens with zero attached hydrogens (tertiary/aromatic N) is 1. The molecule has 1 aromatic rings. The van der Waals surface area contributed by atoms with E-state index in [0.717, 1.165) is 11.4 Å². The van der Waals surface area contributed by atoms with Crippen LogP contribution in [0.4, 0.5) is 4.79 Å². The first-order chi connectivity index (χ1) is 9.13. The molecule has 0 N–H and O–H groups in total. The van der Waals surface area contributed by atoms with Gasteiger partial charge in [0.05, 0.1) is 6.61 Å². The van der Waals surface area contributed by atoms with Crippen molar-refractivity contribution in [2.24, 2.45) is 0 Å². The van der Waals surface area contributed by atoms with Crippen LogP contribution in [0.5, 0.6) is 0 Å². The summed E-state index contributed by atoms with van der Waals surface area (Å²) < 4.78 is 5.07. The van der Waals surface area contributed by atoms with Crippen LogP contribution in [-0.4, -0.2) is 17.6 Å². The van der Waals surface area contributed by atoms with Crippen molar-refractivity contribution in [3.05, 3.63) is 59.4 Å². The summed E-state index contributed by atoms with van der Waals surface area (Å²) >= 11 is 0. The van der Waals surface area contributed by atoms with E-state index in [9.17, 15) is 4.79 Å². The van der Waals surface area contributed by atoms with Crippen LogP contribution < -0.4 is 0 Å². The van der Waals surface area contributed by atoms with Gasteiger partial charge in [-0.1, -0.05) is 42.5 Å². The predicted molar refractivity (Wildman–Crippen MR) is 75.6 cm³/mol. The van der Waals surface area contributed by atoms with Gasteiger partial charge in [-0.05, 0) is 26.3 Å². The smallest absolute Gasteiger partial charge is 0.418 e. The highest BCUT2D eigenvalue weighted by Crippen LogP contribution is 2.30. The highest BCUT2D eigenvalue weighted by Gasteiger charge is 2.24. The number of amides is 1. The zero-order chi connectivity index (χ0) is 13.8. The van der Waals surface area contributed by atoms with Crippen LogP contribution in [0, 0.1) is 0 Å². The maximum Gasteiger partial charge on any atom is 0.418 e. The number of hydrogen-bond acceptors (Lipinski definition) is 2. The lowest BCUT2D eigenvalue weighted by molar-refractivity contribution is 0.127. The van der Waals surface area contributed by atoms with Gasteiger partial charge in [0.2, 0.25) is 0 Å². The molecule has 0 radical (unpaired) electrons. The molecule has 19 heavy (non-hydrogen) atoms. The van der Waals surface area contributed by atoms with Crippen LogP contribution in [0.15, 0.2) is 53.9 Å². The van der Waals surface area contributed by atoms with Crippen LogP contribution in [0.3, 0.4) is 0 Å². The molecule has 0 saturated heterocycles. The van der Waals surface area contributed by atoms with Crippen molar-refractivity contribution in [3.8, 4) is 0 Å². The topological polar surface area (TPSA) is 29.5 Å². The summed E-state index contributed by atoms with van der Waals surface area (Å²) in [5.41, 5.74) is 3.05. The minimum absolute atomic E-state index is 0.215. The summed E-state index contributed by atoms with van der Waals surface area (Å²) in [6.45, 7) is 6.07. The Bertz CT molecular complexity index is 497. The van der Waals surface area contributed by atoms with E-state index in [-0.39, 0.29) is 12.0 Å². The van der Waals surface area contributed by atoms with Crippen LogP contribution in [0.1, 0.15) is 32.3 Å². The minimum Gasteiger partial charge on any atom is -0.449 e. The third kappa shape index (κ3) is 2.87. The normalized spacial score (nSPS) is 15.8. The lowest BCUT2D eigenvalue weighted by atomic mass is 9.94. The second-order valence-corrected chi connectivity index (χ2v) is 4.59. The van der Waals surface area contributed by atoms with E-state index in [4.69, 9.17) is 4.74 Å². The van der Waals surface area contributed by atoms with E-state index in [2.05, 4.69) is 24.3 Å². The molecule has 100 valence electrons. The summed E-state index contributed by atoms with van der Waals surface area (Å²) in [5, 5.41) is 0. The molecular weight excluding hydrogens is 238 g/mol. The van der Waals surface area contributed by atoms with Gasteiger partial charge in [-0.15, -0.1) is 0 Å². The summed E-state index contributed by atoms with van der Waals surface area (Å²) in [6.07, 6.45) is 3.86. The summed E-state index contributed by atoms with van der Waals surface area (Å²) in [7, 11) is 0. The first kappa shape index (κ1) is 13.4. The Kier molecular flexibility index (Phi) is 4.05. The fraction of sp³-hybridized carbons (Fsp3) is 0.312. The van der Waals surface area contributed by atoms with Gasteiger partial charge in [0, 0.05) is 17.3 Å². The fourth-order valence-corrected chi connectivity index (χ4v) is 2.34. The van der Waals surface area contributed by atoms with Gasteiger partial charge >= 0.3 is 6.09 Å². The molecule has 1 aliphatic rings. The van der Waals surface area contributed by atoms with Gasteiger partial charge in [0.25, 0.3) is 0 Å². The summed E-state index contributed by atoms with van der Waals surface area (Å²) in [4.78, 5) is 13.5. The molecule has 1 aliphatic heterocycles. The molecule has 0 bridgehead atoms. The van der Waals surface area contributed by atoms with Crippen LogP contribution >= 0.6 is 0 Å². The van der Waals surface area contributed by atoms with Gasteiger partial charge < -0.3 is 4.74 Å². The van der Waals surface area contributed by atoms with Gasteiger partial charge in [-0.3, -0.25) is 4.90 Å². The van der Waals surface area contributed by atoms with Crippen molar-refractivity contribution in [2.75, 3.05) is 6.61 Å². The Morgan fingerprint density at radius 3 is 2.26 bits per heavy atom. The first-order valence-corrected chi connectivity index (χ1v) is 6.52. The largest absolute Gasteiger partial charge is 0.449 e. The molecule has 0 unspecified atom stereocenters. The second kappa shape index (κ2) is 5.74. The summed E-state index contributed by atoms with van der Waals surface area (Å²) in [5.74, 6) is 0.215. The average Bonchev–Trinajstić information content (AvgIpc) is 2.39. The van der Waals surface area contributed by atoms with Crippen molar-refractivity contribution in [2.45, 2.75) is 26.7 Å². The maximum atomic E-state index is 11.9. The van der Waals surface area contributed by atoms with Crippen LogP contribution in [0.2, 0.25) is 0 Å². The number of carbonyl (C=O) groups is 1. The maximum absolute atomic E-state index is 11.9. The van der Waals surface area contributed by atoms with Crippen molar-refractivity contribution < 1.29 is 9.53 Å². The average molecular weight is 257 g/mol. The number of hydrogen-bond donors (Lipinski definition) is 0. The molecule has 1 heterocycles. The second-order valence-electron chi connectivity index (χ2n) is 4.59. The fourth-order valence-electron chi connectivity index (χ4n) is 2.34. The van der Waals surface area contributed by atoms with E-state index in [0.29, 0.717) is 6.61 Å². The number of ether oxygens (including phenoxy) is 1. The lowest BCUT2D eigenvalue weighted by Crippen LogP contribution is -2.30. The van der Waals surface area contributed by atoms with Gasteiger partial charge in [-0.2, -0.15) is 0 Å². The molecule has 1 amide bonds. The van der Waals surface area contributed by atoms with Crippen molar-refractivity contribution in [1.29, 1.82) is 0 Å². The molecule has 0 spiro atoms. The molecule has 2 rings (SSSR count). The number of benzene rings is 1. The number of rotatable bonds is 2. The van der Waals surface area contributed by atoms with E-state index in [1.807, 2.05) is 39.0 Å². The molecule has 1 aromatic carbocycles. The minimum atomic E-state index is -0.309. The lowest BCUT2D eigenvalue weighted by Gasteiger charge is -2.29. The molecule has 3 nitrogen and oxygen atoms in total. The van der Waals surface area contributed by atoms with Gasteiger partial charge in [0.1, 0.15) is 0 Å². The van der Waals surface area contributed by atoms with Crippen molar-refractivity contribution in [1.82, 2.24) is 4.90 Å². The molecule has 3 heteroatoms. The SMILES string of the molecule is CCOC(=O)N1C(C)=CC(c2ccccc2)C=C1C. The molecule has 0 atom stereocenters. The van der Waals surface area contributed by atoms with Gasteiger partial charge in [-0.25, -0.2) is 4.79 Å². The Morgan fingerprint density at radius 1 is 1.16 bits per heavy atom. The Morgan fingerprint density at radius 2 is 1.74 bits per heavy atom. The van der Waals surface area contributed by atoms with E-state index < -0.39 is 0 Å². The monoisotopic (exact) mass is 257 g/mol. The van der Waals surface area contributed by atoms with Crippen LogP contribution in [-0.2, 0) is 4.74 Å². The predicted octanol–water partition coefficient (Wildman–Crippen LogP) is 4.05. The van der Waals surface area contributed by atoms with E-state index >= 15 is 0 Å². The van der Waals surface area contributed by atoms with Crippen molar-refractivity contribution >= 4 is 6.09 Å². The zero-order valence-electron chi connectivity index (χ0n) is 11.6. The molecule has 0 aliphatic carbocycles.